The zero-order valence-electron chi connectivity index (χ0n) is 25.3. The van der Waals surface area contributed by atoms with Crippen molar-refractivity contribution in [3.63, 3.8) is 0 Å². The molecule has 1 spiro atoms. The average Bonchev–Trinajstić information content (AvgIpc) is 3.58. The molecule has 2 fully saturated rings. The first kappa shape index (κ1) is 29.2. The summed E-state index contributed by atoms with van der Waals surface area (Å²) in [7, 11) is 0. The van der Waals surface area contributed by atoms with E-state index in [9.17, 15) is 14.4 Å². The number of carbonyl (C=O) groups excluding carboxylic acids is 3. The van der Waals surface area contributed by atoms with Crippen molar-refractivity contribution < 1.29 is 33.0 Å². The molecular weight excluding hydrogens is 548 g/mol. The number of nitrogens with zero attached hydrogens (tertiary/aromatic N) is 2. The summed E-state index contributed by atoms with van der Waals surface area (Å²) in [5.41, 5.74) is 1.25. The predicted octanol–water partition coefficient (Wildman–Crippen LogP) is 4.68. The Hall–Kier alpha value is -3.85. The lowest BCUT2D eigenvalue weighted by Gasteiger charge is -2.65. The van der Waals surface area contributed by atoms with Crippen molar-refractivity contribution >= 4 is 23.9 Å². The van der Waals surface area contributed by atoms with Crippen molar-refractivity contribution in [2.24, 2.45) is 5.92 Å². The summed E-state index contributed by atoms with van der Waals surface area (Å²) in [5, 5.41) is 0. The molecule has 1 aromatic carbocycles. The van der Waals surface area contributed by atoms with Gasteiger partial charge in [-0.2, -0.15) is 0 Å². The van der Waals surface area contributed by atoms with Crippen molar-refractivity contribution in [3.05, 3.63) is 66.1 Å². The van der Waals surface area contributed by atoms with Gasteiger partial charge in [0, 0.05) is 50.7 Å². The average molecular weight is 589 g/mol. The van der Waals surface area contributed by atoms with Crippen LogP contribution in [0.3, 0.4) is 0 Å². The van der Waals surface area contributed by atoms with Crippen LogP contribution in [0.4, 0.5) is 0 Å². The predicted molar refractivity (Wildman–Crippen MR) is 160 cm³/mol. The summed E-state index contributed by atoms with van der Waals surface area (Å²) in [5.74, 6) is 0.196. The monoisotopic (exact) mass is 588 g/mol. The summed E-state index contributed by atoms with van der Waals surface area (Å²) in [4.78, 5) is 43.3. The van der Waals surface area contributed by atoms with Gasteiger partial charge in [0.15, 0.2) is 11.5 Å². The lowest BCUT2D eigenvalue weighted by Crippen LogP contribution is -2.79. The van der Waals surface area contributed by atoms with Crippen molar-refractivity contribution in [1.29, 1.82) is 0 Å². The van der Waals surface area contributed by atoms with Gasteiger partial charge < -0.3 is 23.5 Å². The molecule has 9 nitrogen and oxygen atoms in total. The Kier molecular flexibility index (Phi) is 7.49. The normalized spacial score (nSPS) is 28.7. The first-order valence-corrected chi connectivity index (χ1v) is 15.2. The van der Waals surface area contributed by atoms with E-state index in [1.165, 1.54) is 13.8 Å². The molecule has 1 aromatic heterocycles. The van der Waals surface area contributed by atoms with E-state index in [2.05, 4.69) is 25.3 Å². The van der Waals surface area contributed by atoms with E-state index in [4.69, 9.17) is 18.6 Å². The van der Waals surface area contributed by atoms with Gasteiger partial charge in [-0.25, -0.2) is 0 Å². The maximum Gasteiger partial charge on any atom is 0.308 e. The van der Waals surface area contributed by atoms with E-state index in [0.717, 1.165) is 23.2 Å². The Bertz CT molecular complexity index is 1460. The molecule has 2 bridgehead atoms. The SMILES string of the molecule is C=CCN1CC[C@]23c4c5ccc(OC(C)=O)c4O[C@H]2[C@@H](N(CC(C)C)C(=O)/C=C/c2ccoc2)CC[C@@]3(OC(C)=O)[C@H]1C5. The largest absolute Gasteiger partial charge is 0.483 e. The number of carbonyl (C=O) groups is 3. The second kappa shape index (κ2) is 11.0. The Labute approximate surface area is 252 Å². The molecule has 1 saturated heterocycles. The van der Waals surface area contributed by atoms with Crippen LogP contribution in [0.1, 0.15) is 63.6 Å². The number of benzene rings is 1. The molecule has 43 heavy (non-hydrogen) atoms. The number of hydrogen-bond donors (Lipinski definition) is 0. The molecule has 3 heterocycles. The summed E-state index contributed by atoms with van der Waals surface area (Å²) in [6.45, 7) is 13.0. The minimum absolute atomic E-state index is 0.0940. The first-order valence-electron chi connectivity index (χ1n) is 15.2. The van der Waals surface area contributed by atoms with E-state index in [1.54, 1.807) is 36.8 Å². The highest BCUT2D eigenvalue weighted by molar-refractivity contribution is 5.92. The Morgan fingerprint density at radius 3 is 2.67 bits per heavy atom. The molecule has 9 heteroatoms. The fourth-order valence-electron chi connectivity index (χ4n) is 8.38. The number of esters is 2. The quantitative estimate of drug-likeness (QED) is 0.180. The van der Waals surface area contributed by atoms with Crippen LogP contribution in [-0.4, -0.2) is 71.1 Å². The maximum absolute atomic E-state index is 14.0. The number of ether oxygens (including phenoxy) is 3. The summed E-state index contributed by atoms with van der Waals surface area (Å²) in [6, 6.07) is 5.22. The Morgan fingerprint density at radius 1 is 1.19 bits per heavy atom. The highest BCUT2D eigenvalue weighted by Crippen LogP contribution is 2.67. The molecule has 0 radical (unpaired) electrons. The summed E-state index contributed by atoms with van der Waals surface area (Å²) in [6.07, 6.45) is 10.4. The van der Waals surface area contributed by atoms with Crippen LogP contribution in [0.2, 0.25) is 0 Å². The van der Waals surface area contributed by atoms with E-state index in [1.807, 2.05) is 17.0 Å². The number of rotatable bonds is 9. The van der Waals surface area contributed by atoms with Crippen molar-refractivity contribution in [2.75, 3.05) is 19.6 Å². The fourth-order valence-corrected chi connectivity index (χ4v) is 8.38. The molecule has 1 saturated carbocycles. The standard InChI is InChI=1S/C34H40N2O7/c1-6-15-35-16-14-33-30-25-8-9-27(41-22(4)37)31(30)42-32(33)26(11-13-34(33,28(35)18-25)43-23(5)38)36(19-21(2)3)29(39)10-7-24-12-17-40-20-24/h6-10,12,17,20-21,26,28,32H,1,11,13-16,18-19H2,2-5H3/b10-7+/t26-,28+,32-,33-,34+/m0/s1. The second-order valence-electron chi connectivity index (χ2n) is 12.6. The highest BCUT2D eigenvalue weighted by Gasteiger charge is 2.75. The third-order valence-electron chi connectivity index (χ3n) is 9.64. The van der Waals surface area contributed by atoms with Gasteiger partial charge in [0.2, 0.25) is 5.91 Å². The van der Waals surface area contributed by atoms with Crippen LogP contribution in [0.25, 0.3) is 6.08 Å². The van der Waals surface area contributed by atoms with Gasteiger partial charge in [0.05, 0.1) is 30.0 Å². The zero-order valence-corrected chi connectivity index (χ0v) is 25.3. The molecule has 2 aromatic rings. The van der Waals surface area contributed by atoms with Crippen LogP contribution in [0.15, 0.2) is 53.9 Å². The molecule has 1 amide bonds. The first-order chi connectivity index (χ1) is 20.6. The lowest BCUT2D eigenvalue weighted by molar-refractivity contribution is -0.223. The summed E-state index contributed by atoms with van der Waals surface area (Å²) >= 11 is 0. The molecule has 2 aliphatic carbocycles. The third-order valence-corrected chi connectivity index (χ3v) is 9.64. The van der Waals surface area contributed by atoms with Crippen LogP contribution in [0, 0.1) is 5.92 Å². The van der Waals surface area contributed by atoms with Crippen molar-refractivity contribution in [1.82, 2.24) is 9.80 Å². The Morgan fingerprint density at radius 2 is 2.00 bits per heavy atom. The number of piperidine rings is 1. The number of hydrogen-bond acceptors (Lipinski definition) is 8. The maximum atomic E-state index is 14.0. The zero-order chi connectivity index (χ0) is 30.5. The smallest absolute Gasteiger partial charge is 0.308 e. The minimum Gasteiger partial charge on any atom is -0.483 e. The second-order valence-corrected chi connectivity index (χ2v) is 12.6. The molecule has 4 aliphatic rings. The van der Waals surface area contributed by atoms with E-state index in [0.29, 0.717) is 50.3 Å². The number of likely N-dealkylation sites (tertiary alicyclic amines) is 1. The molecule has 0 N–H and O–H groups in total. The highest BCUT2D eigenvalue weighted by atomic mass is 16.6. The van der Waals surface area contributed by atoms with Gasteiger partial charge in [-0.1, -0.05) is 26.0 Å². The van der Waals surface area contributed by atoms with Crippen LogP contribution in [-0.2, 0) is 31.0 Å². The van der Waals surface area contributed by atoms with Crippen LogP contribution in [0.5, 0.6) is 11.5 Å². The Balaban J connectivity index is 1.52. The van der Waals surface area contributed by atoms with Gasteiger partial charge in [0.25, 0.3) is 0 Å². The van der Waals surface area contributed by atoms with Crippen molar-refractivity contribution in [3.8, 4) is 11.5 Å². The topological polar surface area (TPSA) is 98.5 Å². The minimum atomic E-state index is -0.881. The van der Waals surface area contributed by atoms with Gasteiger partial charge in [-0.3, -0.25) is 19.3 Å². The summed E-state index contributed by atoms with van der Waals surface area (Å²) < 4.78 is 24.3. The molecule has 0 unspecified atom stereocenters. The molecular formula is C34H40N2O7. The van der Waals surface area contributed by atoms with E-state index >= 15 is 0 Å². The third kappa shape index (κ3) is 4.60. The van der Waals surface area contributed by atoms with Gasteiger partial charge in [0.1, 0.15) is 11.7 Å². The van der Waals surface area contributed by atoms with Crippen molar-refractivity contribution in [2.45, 2.75) is 82.6 Å². The number of furan rings is 1. The fraction of sp³-hybridized carbons (Fsp3) is 0.500. The molecule has 228 valence electrons. The molecule has 6 rings (SSSR count). The lowest BCUT2D eigenvalue weighted by atomic mass is 9.48. The van der Waals surface area contributed by atoms with Gasteiger partial charge in [-0.15, -0.1) is 6.58 Å². The number of amides is 1. The molecule has 5 atom stereocenters. The van der Waals surface area contributed by atoms with Crippen LogP contribution < -0.4 is 9.47 Å². The van der Waals surface area contributed by atoms with Crippen LogP contribution >= 0.6 is 0 Å². The van der Waals surface area contributed by atoms with Gasteiger partial charge >= 0.3 is 11.9 Å². The van der Waals surface area contributed by atoms with Gasteiger partial charge in [-0.05, 0) is 55.4 Å². The van der Waals surface area contributed by atoms with E-state index in [-0.39, 0.29) is 29.9 Å². The van der Waals surface area contributed by atoms with E-state index < -0.39 is 23.1 Å². The molecule has 2 aliphatic heterocycles.